The van der Waals surface area contributed by atoms with Crippen molar-refractivity contribution >= 4 is 17.7 Å². The average molecular weight is 335 g/mol. The molecule has 0 bridgehead atoms. The fourth-order valence-electron chi connectivity index (χ4n) is 3.26. The number of rotatable bonds is 7. The Hall–Kier alpha value is -1.93. The molecule has 1 heterocycles. The first-order valence-electron chi connectivity index (χ1n) is 8.56. The molecule has 8 heteroatoms. The van der Waals surface area contributed by atoms with Gasteiger partial charge in [0.15, 0.2) is 0 Å². The molecule has 0 unspecified atom stereocenters. The van der Waals surface area contributed by atoms with Gasteiger partial charge in [0.25, 0.3) is 5.91 Å². The first-order valence-corrected chi connectivity index (χ1v) is 8.56. The van der Waals surface area contributed by atoms with Crippen molar-refractivity contribution in [1.82, 2.24) is 9.97 Å². The number of hydrogen-bond donors (Lipinski definition) is 4. The van der Waals surface area contributed by atoms with Crippen molar-refractivity contribution in [3.8, 4) is 0 Å². The number of ether oxygens (including phenoxy) is 1. The van der Waals surface area contributed by atoms with Crippen LogP contribution in [0.4, 0.5) is 11.8 Å². The number of aromatic nitrogens is 2. The molecule has 1 aromatic heterocycles. The molecular formula is C16H25N5O3. The Balaban J connectivity index is 1.68. The summed E-state index contributed by atoms with van der Waals surface area (Å²) in [4.78, 5) is 20.2. The largest absolute Gasteiger partial charge is 0.391 e. The van der Waals surface area contributed by atoms with Gasteiger partial charge in [0.1, 0.15) is 5.82 Å². The molecule has 3 rings (SSSR count). The van der Waals surface area contributed by atoms with Crippen LogP contribution in [0.3, 0.4) is 0 Å². The molecule has 2 aliphatic carbocycles. The normalized spacial score (nSPS) is 29.1. The Bertz CT molecular complexity index is 591. The third-order valence-corrected chi connectivity index (χ3v) is 4.69. The van der Waals surface area contributed by atoms with E-state index in [1.807, 2.05) is 6.92 Å². The van der Waals surface area contributed by atoms with Crippen molar-refractivity contribution in [3.05, 3.63) is 11.8 Å². The number of carbonyl (C=O) groups excluding carboxylic acids is 1. The van der Waals surface area contributed by atoms with Gasteiger partial charge >= 0.3 is 0 Å². The fraction of sp³-hybridized carbons (Fsp3) is 0.688. The molecule has 24 heavy (non-hydrogen) atoms. The van der Waals surface area contributed by atoms with Gasteiger partial charge in [-0.25, -0.2) is 4.98 Å². The summed E-state index contributed by atoms with van der Waals surface area (Å²) in [5.74, 6) is 0.248. The SMILES string of the molecule is CCOC1CC(Nc2ncc(C(N)=O)c(N[C@H]3CCC[C@@H]3O)n2)C1. The zero-order valence-corrected chi connectivity index (χ0v) is 13.9. The monoisotopic (exact) mass is 335 g/mol. The van der Waals surface area contributed by atoms with Crippen molar-refractivity contribution in [2.75, 3.05) is 17.2 Å². The number of anilines is 2. The number of nitrogens with one attached hydrogen (secondary N) is 2. The van der Waals surface area contributed by atoms with E-state index in [4.69, 9.17) is 10.5 Å². The van der Waals surface area contributed by atoms with E-state index < -0.39 is 12.0 Å². The molecule has 0 aliphatic heterocycles. The first kappa shape index (κ1) is 16.9. The van der Waals surface area contributed by atoms with E-state index in [-0.39, 0.29) is 17.6 Å². The number of nitrogens with two attached hydrogens (primary N) is 1. The lowest BCUT2D eigenvalue weighted by atomic mass is 9.89. The summed E-state index contributed by atoms with van der Waals surface area (Å²) in [5, 5.41) is 16.4. The molecule has 8 nitrogen and oxygen atoms in total. The van der Waals surface area contributed by atoms with Crippen molar-refractivity contribution in [1.29, 1.82) is 0 Å². The quantitative estimate of drug-likeness (QED) is 0.583. The average Bonchev–Trinajstić information content (AvgIpc) is 2.90. The minimum atomic E-state index is -0.586. The van der Waals surface area contributed by atoms with E-state index in [1.54, 1.807) is 0 Å². The van der Waals surface area contributed by atoms with Crippen LogP contribution in [0.2, 0.25) is 0 Å². The Morgan fingerprint density at radius 3 is 2.83 bits per heavy atom. The van der Waals surface area contributed by atoms with Crippen LogP contribution in [0.5, 0.6) is 0 Å². The van der Waals surface area contributed by atoms with E-state index in [2.05, 4.69) is 20.6 Å². The second-order valence-electron chi connectivity index (χ2n) is 6.46. The van der Waals surface area contributed by atoms with Gasteiger partial charge in [0, 0.05) is 18.8 Å². The van der Waals surface area contributed by atoms with E-state index in [1.165, 1.54) is 6.20 Å². The van der Waals surface area contributed by atoms with E-state index in [0.717, 1.165) is 38.7 Å². The van der Waals surface area contributed by atoms with Crippen LogP contribution in [0.15, 0.2) is 6.20 Å². The third-order valence-electron chi connectivity index (χ3n) is 4.69. The van der Waals surface area contributed by atoms with Crippen LogP contribution in [0, 0.1) is 0 Å². The number of aliphatic hydroxyl groups excluding tert-OH is 1. The molecule has 2 aliphatic rings. The van der Waals surface area contributed by atoms with Crippen LogP contribution in [-0.4, -0.2) is 51.9 Å². The molecule has 0 saturated heterocycles. The zero-order chi connectivity index (χ0) is 17.1. The lowest BCUT2D eigenvalue weighted by molar-refractivity contribution is 0.00285. The molecule has 1 aromatic rings. The van der Waals surface area contributed by atoms with E-state index >= 15 is 0 Å². The Kier molecular flexibility index (Phi) is 5.15. The summed E-state index contributed by atoms with van der Waals surface area (Å²) >= 11 is 0. The molecule has 2 fully saturated rings. The van der Waals surface area contributed by atoms with Gasteiger partial charge in [-0.1, -0.05) is 0 Å². The van der Waals surface area contributed by atoms with Crippen LogP contribution < -0.4 is 16.4 Å². The summed E-state index contributed by atoms with van der Waals surface area (Å²) in [6.45, 7) is 2.71. The standard InChI is InChI=1S/C16H25N5O3/c1-2-24-10-6-9(7-10)19-16-18-8-11(14(17)23)15(21-16)20-12-4-3-5-13(12)22/h8-10,12-13,22H,2-7H2,1H3,(H2,17,23)(H2,18,19,20,21)/t9?,10?,12-,13-/m0/s1. The Labute approximate surface area is 141 Å². The highest BCUT2D eigenvalue weighted by Crippen LogP contribution is 2.27. The van der Waals surface area contributed by atoms with Crippen LogP contribution in [-0.2, 0) is 4.74 Å². The highest BCUT2D eigenvalue weighted by atomic mass is 16.5. The van der Waals surface area contributed by atoms with Crippen molar-refractivity contribution in [3.63, 3.8) is 0 Å². The van der Waals surface area contributed by atoms with E-state index in [0.29, 0.717) is 17.9 Å². The van der Waals surface area contributed by atoms with Crippen LogP contribution >= 0.6 is 0 Å². The van der Waals surface area contributed by atoms with Crippen molar-refractivity contribution < 1.29 is 14.6 Å². The Morgan fingerprint density at radius 1 is 1.42 bits per heavy atom. The predicted molar refractivity (Wildman–Crippen MR) is 89.9 cm³/mol. The van der Waals surface area contributed by atoms with Crippen molar-refractivity contribution in [2.45, 2.75) is 63.3 Å². The summed E-state index contributed by atoms with van der Waals surface area (Å²) in [6, 6.07) is 0.155. The fourth-order valence-corrected chi connectivity index (χ4v) is 3.26. The van der Waals surface area contributed by atoms with Gasteiger partial charge in [-0.2, -0.15) is 4.98 Å². The summed E-state index contributed by atoms with van der Waals surface area (Å²) in [6.07, 6.45) is 5.66. The third kappa shape index (κ3) is 3.76. The Morgan fingerprint density at radius 2 is 2.21 bits per heavy atom. The minimum Gasteiger partial charge on any atom is -0.391 e. The molecular weight excluding hydrogens is 310 g/mol. The lowest BCUT2D eigenvalue weighted by Crippen LogP contribution is -2.41. The molecule has 132 valence electrons. The molecule has 0 spiro atoms. The summed E-state index contributed by atoms with van der Waals surface area (Å²) < 4.78 is 5.54. The van der Waals surface area contributed by atoms with Gasteiger partial charge in [-0.3, -0.25) is 4.79 Å². The van der Waals surface area contributed by atoms with Gasteiger partial charge in [0.2, 0.25) is 5.95 Å². The molecule has 1 amide bonds. The second-order valence-corrected chi connectivity index (χ2v) is 6.46. The molecule has 0 aromatic carbocycles. The molecule has 5 N–H and O–H groups in total. The van der Waals surface area contributed by atoms with E-state index in [9.17, 15) is 9.90 Å². The highest BCUT2D eigenvalue weighted by molar-refractivity contribution is 5.97. The maximum absolute atomic E-state index is 11.6. The van der Waals surface area contributed by atoms with Crippen LogP contribution in [0.25, 0.3) is 0 Å². The lowest BCUT2D eigenvalue weighted by Gasteiger charge is -2.35. The van der Waals surface area contributed by atoms with Gasteiger partial charge in [0.05, 0.1) is 23.8 Å². The number of hydrogen-bond acceptors (Lipinski definition) is 7. The maximum atomic E-state index is 11.6. The predicted octanol–water partition coefficient (Wildman–Crippen LogP) is 0.880. The number of carbonyl (C=O) groups is 1. The number of aliphatic hydroxyl groups is 1. The first-order chi connectivity index (χ1) is 11.6. The zero-order valence-electron chi connectivity index (χ0n) is 13.9. The topological polar surface area (TPSA) is 122 Å². The van der Waals surface area contributed by atoms with Gasteiger partial charge in [-0.05, 0) is 39.0 Å². The number of nitrogens with zero attached hydrogens (tertiary/aromatic N) is 2. The molecule has 0 radical (unpaired) electrons. The number of amides is 1. The second kappa shape index (κ2) is 7.31. The molecule has 2 saturated carbocycles. The smallest absolute Gasteiger partial charge is 0.254 e. The minimum absolute atomic E-state index is 0.114. The van der Waals surface area contributed by atoms with Crippen LogP contribution in [0.1, 0.15) is 49.4 Å². The summed E-state index contributed by atoms with van der Waals surface area (Å²) in [5.41, 5.74) is 5.64. The molecule has 2 atom stereocenters. The van der Waals surface area contributed by atoms with Crippen molar-refractivity contribution in [2.24, 2.45) is 5.73 Å². The van der Waals surface area contributed by atoms with Gasteiger partial charge < -0.3 is 26.2 Å². The van der Waals surface area contributed by atoms with Gasteiger partial charge in [-0.15, -0.1) is 0 Å². The summed E-state index contributed by atoms with van der Waals surface area (Å²) in [7, 11) is 0. The maximum Gasteiger partial charge on any atom is 0.254 e. The number of primary amides is 1. The highest BCUT2D eigenvalue weighted by Gasteiger charge is 2.31.